The van der Waals surface area contributed by atoms with Crippen molar-refractivity contribution in [2.24, 2.45) is 0 Å². The van der Waals surface area contributed by atoms with Crippen molar-refractivity contribution in [1.29, 1.82) is 0 Å². The molecule has 2 aromatic rings. The van der Waals surface area contributed by atoms with E-state index in [1.54, 1.807) is 11.6 Å². The van der Waals surface area contributed by atoms with Crippen LogP contribution in [0.2, 0.25) is 0 Å². The van der Waals surface area contributed by atoms with Gasteiger partial charge in [0.15, 0.2) is 0 Å². The molecule has 1 N–H and O–H groups in total. The molecule has 84 valence electrons. The van der Waals surface area contributed by atoms with E-state index in [2.05, 4.69) is 4.98 Å². The number of hydrogen-bond donors (Lipinski definition) is 1. The lowest BCUT2D eigenvalue weighted by atomic mass is 10.1. The monoisotopic (exact) mass is 239 g/mol. The van der Waals surface area contributed by atoms with Gasteiger partial charge in [0.1, 0.15) is 17.7 Å². The summed E-state index contributed by atoms with van der Waals surface area (Å²) in [5.74, 6) is -0.0574. The van der Waals surface area contributed by atoms with Gasteiger partial charge >= 0.3 is 0 Å². The van der Waals surface area contributed by atoms with Crippen molar-refractivity contribution in [3.8, 4) is 5.75 Å². The number of aliphatic hydroxyl groups is 1. The van der Waals surface area contributed by atoms with E-state index in [0.29, 0.717) is 10.6 Å². The van der Waals surface area contributed by atoms with Crippen LogP contribution >= 0.6 is 11.3 Å². The first kappa shape index (κ1) is 11.0. The van der Waals surface area contributed by atoms with Crippen molar-refractivity contribution in [2.75, 3.05) is 7.11 Å². The SMILES string of the molecule is COc1ccc(C(O)c2cncs2)c(F)c1. The summed E-state index contributed by atoms with van der Waals surface area (Å²) in [7, 11) is 1.47. The highest BCUT2D eigenvalue weighted by Gasteiger charge is 2.16. The van der Waals surface area contributed by atoms with Crippen LogP contribution in [0.25, 0.3) is 0 Å². The van der Waals surface area contributed by atoms with Gasteiger partial charge in [-0.05, 0) is 12.1 Å². The van der Waals surface area contributed by atoms with Gasteiger partial charge in [-0.3, -0.25) is 4.98 Å². The van der Waals surface area contributed by atoms with E-state index in [9.17, 15) is 9.50 Å². The summed E-state index contributed by atoms with van der Waals surface area (Å²) >= 11 is 1.29. The summed E-state index contributed by atoms with van der Waals surface area (Å²) in [6.45, 7) is 0. The molecule has 0 aliphatic heterocycles. The average molecular weight is 239 g/mol. The molecule has 0 fully saturated rings. The fourth-order valence-corrected chi connectivity index (χ4v) is 1.99. The van der Waals surface area contributed by atoms with Crippen LogP contribution in [0, 0.1) is 5.82 Å². The van der Waals surface area contributed by atoms with Crippen LogP contribution in [0.3, 0.4) is 0 Å². The number of benzene rings is 1. The molecule has 1 aromatic carbocycles. The minimum atomic E-state index is -0.974. The summed E-state index contributed by atoms with van der Waals surface area (Å²) in [5, 5.41) is 9.91. The third kappa shape index (κ3) is 2.05. The fraction of sp³-hybridized carbons (Fsp3) is 0.182. The molecule has 0 aliphatic carbocycles. The maximum absolute atomic E-state index is 13.6. The molecule has 16 heavy (non-hydrogen) atoms. The van der Waals surface area contributed by atoms with Crippen molar-refractivity contribution in [3.05, 3.63) is 46.2 Å². The highest BCUT2D eigenvalue weighted by molar-refractivity contribution is 7.09. The first-order chi connectivity index (χ1) is 7.72. The second kappa shape index (κ2) is 4.59. The minimum Gasteiger partial charge on any atom is -0.497 e. The standard InChI is InChI=1S/C11H10FNO2S/c1-15-7-2-3-8(9(12)4-7)11(14)10-5-13-6-16-10/h2-6,11,14H,1H3. The van der Waals surface area contributed by atoms with Crippen LogP contribution < -0.4 is 4.74 Å². The molecule has 5 heteroatoms. The Morgan fingerprint density at radius 2 is 2.31 bits per heavy atom. The largest absolute Gasteiger partial charge is 0.497 e. The predicted molar refractivity (Wildman–Crippen MR) is 59.1 cm³/mol. The summed E-state index contributed by atoms with van der Waals surface area (Å²) in [4.78, 5) is 4.46. The van der Waals surface area contributed by atoms with Gasteiger partial charge in [0.05, 0.1) is 17.5 Å². The predicted octanol–water partition coefficient (Wildman–Crippen LogP) is 2.37. The lowest BCUT2D eigenvalue weighted by molar-refractivity contribution is 0.218. The van der Waals surface area contributed by atoms with E-state index in [0.717, 1.165) is 0 Å². The van der Waals surface area contributed by atoms with E-state index in [-0.39, 0.29) is 5.56 Å². The Kier molecular flexibility index (Phi) is 3.17. The Bertz CT molecular complexity index is 473. The molecule has 0 radical (unpaired) electrons. The second-order valence-corrected chi connectivity index (χ2v) is 4.11. The molecule has 0 bridgehead atoms. The molecule has 1 heterocycles. The minimum absolute atomic E-state index is 0.227. The van der Waals surface area contributed by atoms with E-state index in [4.69, 9.17) is 4.74 Å². The summed E-state index contributed by atoms with van der Waals surface area (Å²) in [5.41, 5.74) is 1.82. The summed E-state index contributed by atoms with van der Waals surface area (Å²) in [6, 6.07) is 4.38. The Labute approximate surface area is 96.2 Å². The Hall–Kier alpha value is -1.46. The van der Waals surface area contributed by atoms with E-state index in [1.807, 2.05) is 0 Å². The molecule has 0 amide bonds. The number of ether oxygens (including phenoxy) is 1. The zero-order valence-electron chi connectivity index (χ0n) is 8.55. The number of rotatable bonds is 3. The number of nitrogens with zero attached hydrogens (tertiary/aromatic N) is 1. The number of hydrogen-bond acceptors (Lipinski definition) is 4. The molecule has 0 aliphatic rings. The molecule has 0 spiro atoms. The maximum Gasteiger partial charge on any atom is 0.133 e. The molecular weight excluding hydrogens is 229 g/mol. The van der Waals surface area contributed by atoms with Crippen molar-refractivity contribution in [1.82, 2.24) is 4.98 Å². The third-order valence-electron chi connectivity index (χ3n) is 2.22. The van der Waals surface area contributed by atoms with Crippen LogP contribution in [0.4, 0.5) is 4.39 Å². The van der Waals surface area contributed by atoms with Gasteiger partial charge in [0.25, 0.3) is 0 Å². The van der Waals surface area contributed by atoms with Crippen molar-refractivity contribution < 1.29 is 14.2 Å². The molecule has 0 saturated heterocycles. The molecule has 1 aromatic heterocycles. The van der Waals surface area contributed by atoms with E-state index >= 15 is 0 Å². The highest BCUT2D eigenvalue weighted by atomic mass is 32.1. The number of thiazole rings is 1. The molecule has 1 atom stereocenters. The molecule has 3 nitrogen and oxygen atoms in total. The Morgan fingerprint density at radius 1 is 1.50 bits per heavy atom. The van der Waals surface area contributed by atoms with Crippen LogP contribution in [-0.4, -0.2) is 17.2 Å². The van der Waals surface area contributed by atoms with Gasteiger partial charge in [-0.15, -0.1) is 11.3 Å². The fourth-order valence-electron chi connectivity index (χ4n) is 1.37. The van der Waals surface area contributed by atoms with Crippen LogP contribution in [0.5, 0.6) is 5.75 Å². The normalized spacial score (nSPS) is 12.4. The smallest absolute Gasteiger partial charge is 0.133 e. The van der Waals surface area contributed by atoms with Crippen molar-refractivity contribution in [3.63, 3.8) is 0 Å². The molecule has 1 unspecified atom stereocenters. The maximum atomic E-state index is 13.6. The molecular formula is C11H10FNO2S. The summed E-state index contributed by atoms with van der Waals surface area (Å²) in [6.07, 6.45) is 0.553. The Balaban J connectivity index is 2.34. The lowest BCUT2D eigenvalue weighted by Crippen LogP contribution is -2.01. The van der Waals surface area contributed by atoms with Crippen LogP contribution in [-0.2, 0) is 0 Å². The van der Waals surface area contributed by atoms with E-state index < -0.39 is 11.9 Å². The first-order valence-electron chi connectivity index (χ1n) is 4.62. The second-order valence-electron chi connectivity index (χ2n) is 3.19. The number of methoxy groups -OCH3 is 1. The molecule has 0 saturated carbocycles. The number of aromatic nitrogens is 1. The average Bonchev–Trinajstić information content (AvgIpc) is 2.81. The van der Waals surface area contributed by atoms with Gasteiger partial charge in [-0.2, -0.15) is 0 Å². The topological polar surface area (TPSA) is 42.4 Å². The van der Waals surface area contributed by atoms with Gasteiger partial charge in [0.2, 0.25) is 0 Å². The summed E-state index contributed by atoms with van der Waals surface area (Å²) < 4.78 is 18.5. The zero-order chi connectivity index (χ0) is 11.5. The van der Waals surface area contributed by atoms with Crippen LogP contribution in [0.15, 0.2) is 29.9 Å². The Morgan fingerprint density at radius 3 is 2.88 bits per heavy atom. The van der Waals surface area contributed by atoms with Crippen molar-refractivity contribution >= 4 is 11.3 Å². The number of aliphatic hydroxyl groups excluding tert-OH is 1. The zero-order valence-corrected chi connectivity index (χ0v) is 9.37. The highest BCUT2D eigenvalue weighted by Crippen LogP contribution is 2.28. The first-order valence-corrected chi connectivity index (χ1v) is 5.50. The van der Waals surface area contributed by atoms with Crippen LogP contribution in [0.1, 0.15) is 16.5 Å². The van der Waals surface area contributed by atoms with Gasteiger partial charge in [-0.1, -0.05) is 0 Å². The van der Waals surface area contributed by atoms with Gasteiger partial charge in [-0.25, -0.2) is 4.39 Å². The van der Waals surface area contributed by atoms with Gasteiger partial charge in [0, 0.05) is 17.8 Å². The third-order valence-corrected chi connectivity index (χ3v) is 3.05. The number of halogens is 1. The van der Waals surface area contributed by atoms with Crippen molar-refractivity contribution in [2.45, 2.75) is 6.10 Å². The molecule has 2 rings (SSSR count). The van der Waals surface area contributed by atoms with E-state index in [1.165, 1.54) is 36.8 Å². The quantitative estimate of drug-likeness (QED) is 0.894. The van der Waals surface area contributed by atoms with Gasteiger partial charge < -0.3 is 9.84 Å². The lowest BCUT2D eigenvalue weighted by Gasteiger charge is -2.10.